The molecule has 1 aromatic heterocycles. The van der Waals surface area contributed by atoms with Crippen LogP contribution in [0.25, 0.3) is 0 Å². The van der Waals surface area contributed by atoms with E-state index in [-0.39, 0.29) is 18.0 Å². The van der Waals surface area contributed by atoms with Gasteiger partial charge in [0.2, 0.25) is 0 Å². The fourth-order valence-corrected chi connectivity index (χ4v) is 1.71. The predicted octanol–water partition coefficient (Wildman–Crippen LogP) is 2.35. The van der Waals surface area contributed by atoms with Crippen LogP contribution in [0.2, 0.25) is 0 Å². The number of aryl methyl sites for hydroxylation is 1. The number of aromatic nitrogens is 1. The molecule has 1 aromatic rings. The lowest BCUT2D eigenvalue weighted by Gasteiger charge is -2.25. The second kappa shape index (κ2) is 6.65. The van der Waals surface area contributed by atoms with Crippen LogP contribution in [0.5, 0.6) is 0 Å². The molecule has 0 aromatic carbocycles. The van der Waals surface area contributed by atoms with Gasteiger partial charge in [-0.25, -0.2) is 4.79 Å². The van der Waals surface area contributed by atoms with E-state index in [0.29, 0.717) is 5.56 Å². The van der Waals surface area contributed by atoms with Crippen molar-refractivity contribution in [3.05, 3.63) is 23.5 Å². The van der Waals surface area contributed by atoms with Crippen LogP contribution in [-0.4, -0.2) is 34.7 Å². The van der Waals surface area contributed by atoms with Crippen LogP contribution >= 0.6 is 0 Å². The van der Waals surface area contributed by atoms with Crippen LogP contribution in [0.1, 0.15) is 50.5 Å². The van der Waals surface area contributed by atoms with Gasteiger partial charge >= 0.3 is 6.09 Å². The van der Waals surface area contributed by atoms with Gasteiger partial charge in [0.25, 0.3) is 5.91 Å². The highest BCUT2D eigenvalue weighted by Gasteiger charge is 2.22. The summed E-state index contributed by atoms with van der Waals surface area (Å²) in [4.78, 5) is 26.7. The Kier molecular flexibility index (Phi) is 5.41. The Morgan fingerprint density at radius 1 is 1.14 bits per heavy atom. The van der Waals surface area contributed by atoms with Gasteiger partial charge in [-0.15, -0.1) is 0 Å². The summed E-state index contributed by atoms with van der Waals surface area (Å²) in [6.07, 6.45) is 2.93. The van der Waals surface area contributed by atoms with Gasteiger partial charge in [0.15, 0.2) is 0 Å². The number of hydrogen-bond acceptors (Lipinski definition) is 3. The van der Waals surface area contributed by atoms with Gasteiger partial charge < -0.3 is 20.4 Å². The molecule has 1 rings (SSSR count). The minimum absolute atomic E-state index is 0.168. The van der Waals surface area contributed by atoms with Crippen molar-refractivity contribution in [2.24, 2.45) is 0 Å². The van der Waals surface area contributed by atoms with E-state index in [0.717, 1.165) is 5.56 Å². The van der Waals surface area contributed by atoms with Crippen LogP contribution in [-0.2, 0) is 4.74 Å². The molecule has 0 radical (unpaired) electrons. The highest BCUT2D eigenvalue weighted by Crippen LogP contribution is 2.08. The average Bonchev–Trinajstić information content (AvgIpc) is 2.72. The van der Waals surface area contributed by atoms with E-state index < -0.39 is 11.7 Å². The lowest BCUT2D eigenvalue weighted by Crippen LogP contribution is -2.49. The van der Waals surface area contributed by atoms with Gasteiger partial charge in [-0.3, -0.25) is 4.79 Å². The summed E-state index contributed by atoms with van der Waals surface area (Å²) in [5.74, 6) is -0.168. The summed E-state index contributed by atoms with van der Waals surface area (Å²) >= 11 is 0. The zero-order valence-corrected chi connectivity index (χ0v) is 13.5. The summed E-state index contributed by atoms with van der Waals surface area (Å²) in [6, 6.07) is -0.470. The molecule has 0 aliphatic carbocycles. The first kappa shape index (κ1) is 17.1. The smallest absolute Gasteiger partial charge is 0.407 e. The summed E-state index contributed by atoms with van der Waals surface area (Å²) in [7, 11) is 0. The Morgan fingerprint density at radius 2 is 1.71 bits per heavy atom. The highest BCUT2D eigenvalue weighted by molar-refractivity contribution is 5.95. The van der Waals surface area contributed by atoms with E-state index in [1.165, 1.54) is 0 Å². The van der Waals surface area contributed by atoms with Crippen molar-refractivity contribution in [3.63, 3.8) is 0 Å². The van der Waals surface area contributed by atoms with Crippen LogP contribution in [0, 0.1) is 6.92 Å². The van der Waals surface area contributed by atoms with Crippen molar-refractivity contribution >= 4 is 12.0 Å². The number of carbonyl (C=O) groups is 2. The van der Waals surface area contributed by atoms with Gasteiger partial charge in [0.1, 0.15) is 5.60 Å². The number of alkyl carbamates (subject to hydrolysis) is 1. The van der Waals surface area contributed by atoms with E-state index in [1.807, 2.05) is 20.8 Å². The van der Waals surface area contributed by atoms with E-state index in [9.17, 15) is 9.59 Å². The summed E-state index contributed by atoms with van der Waals surface area (Å²) in [5.41, 5.74) is 0.942. The van der Waals surface area contributed by atoms with Crippen molar-refractivity contribution < 1.29 is 14.3 Å². The summed E-state index contributed by atoms with van der Waals surface area (Å²) in [5, 5.41) is 5.58. The molecule has 0 aliphatic rings. The van der Waals surface area contributed by atoms with E-state index in [2.05, 4.69) is 15.6 Å². The maximum absolute atomic E-state index is 12.1. The summed E-state index contributed by atoms with van der Waals surface area (Å²) in [6.45, 7) is 10.9. The number of hydrogen-bond donors (Lipinski definition) is 3. The molecule has 118 valence electrons. The number of H-pyrrole nitrogens is 1. The third-order valence-corrected chi connectivity index (χ3v) is 3.05. The molecule has 0 bridgehead atoms. The predicted molar refractivity (Wildman–Crippen MR) is 81.3 cm³/mol. The van der Waals surface area contributed by atoms with E-state index in [4.69, 9.17) is 4.74 Å². The molecule has 0 aliphatic heterocycles. The highest BCUT2D eigenvalue weighted by atomic mass is 16.6. The normalized spacial score (nSPS) is 14.2. The molecular weight excluding hydrogens is 270 g/mol. The average molecular weight is 295 g/mol. The van der Waals surface area contributed by atoms with Crippen LogP contribution in [0.4, 0.5) is 4.79 Å². The zero-order valence-electron chi connectivity index (χ0n) is 13.5. The van der Waals surface area contributed by atoms with E-state index >= 15 is 0 Å². The summed E-state index contributed by atoms with van der Waals surface area (Å²) < 4.78 is 5.19. The number of amides is 2. The number of ether oxygens (including phenoxy) is 1. The molecule has 1 heterocycles. The standard InChI is InChI=1S/C15H25N3O3/c1-9-7-16-8-12(9)13(19)17-10(2)11(3)18-14(20)21-15(4,5)6/h7-8,10-11,16H,1-6H3,(H,17,19)(H,18,20). The maximum Gasteiger partial charge on any atom is 0.407 e. The molecule has 0 fully saturated rings. The molecule has 2 unspecified atom stereocenters. The minimum Gasteiger partial charge on any atom is -0.444 e. The number of aromatic amines is 1. The Labute approximate surface area is 125 Å². The Morgan fingerprint density at radius 3 is 2.19 bits per heavy atom. The number of carbonyl (C=O) groups excluding carboxylic acids is 2. The maximum atomic E-state index is 12.1. The topological polar surface area (TPSA) is 83.2 Å². The monoisotopic (exact) mass is 295 g/mol. The van der Waals surface area contributed by atoms with Crippen molar-refractivity contribution in [1.82, 2.24) is 15.6 Å². The molecule has 6 nitrogen and oxygen atoms in total. The Balaban J connectivity index is 2.51. The second-order valence-electron chi connectivity index (χ2n) is 6.25. The van der Waals surface area contributed by atoms with Crippen LogP contribution in [0.3, 0.4) is 0 Å². The Hall–Kier alpha value is -1.98. The van der Waals surface area contributed by atoms with Crippen LogP contribution < -0.4 is 10.6 Å². The number of nitrogens with one attached hydrogen (secondary N) is 3. The lowest BCUT2D eigenvalue weighted by molar-refractivity contribution is 0.0496. The first-order valence-corrected chi connectivity index (χ1v) is 7.04. The van der Waals surface area contributed by atoms with Gasteiger partial charge in [-0.05, 0) is 47.1 Å². The fourth-order valence-electron chi connectivity index (χ4n) is 1.71. The molecule has 3 N–H and O–H groups in total. The molecule has 2 amide bonds. The SMILES string of the molecule is Cc1c[nH]cc1C(=O)NC(C)C(C)NC(=O)OC(C)(C)C. The first-order chi connectivity index (χ1) is 9.60. The van der Waals surface area contributed by atoms with E-state index in [1.54, 1.807) is 33.2 Å². The van der Waals surface area contributed by atoms with Gasteiger partial charge in [-0.2, -0.15) is 0 Å². The molecule has 0 spiro atoms. The van der Waals surface area contributed by atoms with Crippen molar-refractivity contribution in [1.29, 1.82) is 0 Å². The van der Waals surface area contributed by atoms with Gasteiger partial charge in [0, 0.05) is 24.5 Å². The lowest BCUT2D eigenvalue weighted by atomic mass is 10.1. The molecule has 21 heavy (non-hydrogen) atoms. The minimum atomic E-state index is -0.543. The Bertz CT molecular complexity index is 503. The first-order valence-electron chi connectivity index (χ1n) is 7.04. The van der Waals surface area contributed by atoms with Gasteiger partial charge in [-0.1, -0.05) is 0 Å². The molecular formula is C15H25N3O3. The van der Waals surface area contributed by atoms with Crippen molar-refractivity contribution in [3.8, 4) is 0 Å². The van der Waals surface area contributed by atoms with Crippen molar-refractivity contribution in [2.45, 2.75) is 59.2 Å². The fraction of sp³-hybridized carbons (Fsp3) is 0.600. The largest absolute Gasteiger partial charge is 0.444 e. The molecule has 6 heteroatoms. The second-order valence-corrected chi connectivity index (χ2v) is 6.25. The molecule has 0 saturated carbocycles. The molecule has 0 saturated heterocycles. The zero-order chi connectivity index (χ0) is 16.2. The van der Waals surface area contributed by atoms with Gasteiger partial charge in [0.05, 0.1) is 5.56 Å². The quantitative estimate of drug-likeness (QED) is 0.797. The third kappa shape index (κ3) is 5.49. The van der Waals surface area contributed by atoms with Crippen molar-refractivity contribution in [2.75, 3.05) is 0 Å². The third-order valence-electron chi connectivity index (χ3n) is 3.05. The number of rotatable bonds is 4. The molecule has 2 atom stereocenters. The van der Waals surface area contributed by atoms with Crippen LogP contribution in [0.15, 0.2) is 12.4 Å².